The minimum Gasteiger partial charge on any atom is -0.439 e. The number of nitrogens with zero attached hydrogens (tertiary/aromatic N) is 1. The van der Waals surface area contributed by atoms with E-state index >= 15 is 0 Å². The minimum atomic E-state index is -0.326. The summed E-state index contributed by atoms with van der Waals surface area (Å²) in [6.07, 6.45) is 1.69. The summed E-state index contributed by atoms with van der Waals surface area (Å²) in [6, 6.07) is 9.80. The molecule has 106 valence electrons. The van der Waals surface area contributed by atoms with E-state index in [1.54, 1.807) is 18.3 Å². The largest absolute Gasteiger partial charge is 0.439 e. The molecule has 0 amide bonds. The molecule has 0 unspecified atom stereocenters. The number of aromatic nitrogens is 1. The van der Waals surface area contributed by atoms with Crippen LogP contribution in [0.15, 0.2) is 42.6 Å². The van der Waals surface area contributed by atoms with E-state index in [0.717, 1.165) is 12.1 Å². The smallest absolute Gasteiger partial charge is 0.219 e. The van der Waals surface area contributed by atoms with Gasteiger partial charge >= 0.3 is 0 Å². The van der Waals surface area contributed by atoms with Crippen molar-refractivity contribution >= 4 is 0 Å². The number of pyridine rings is 1. The lowest BCUT2D eigenvalue weighted by atomic mass is 10.1. The van der Waals surface area contributed by atoms with Gasteiger partial charge in [0.15, 0.2) is 0 Å². The molecule has 2 rings (SSSR count). The Morgan fingerprint density at radius 3 is 2.70 bits per heavy atom. The first-order valence-electron chi connectivity index (χ1n) is 6.56. The zero-order chi connectivity index (χ0) is 14.6. The van der Waals surface area contributed by atoms with E-state index in [9.17, 15) is 4.39 Å². The molecule has 3 nitrogen and oxygen atoms in total. The van der Waals surface area contributed by atoms with Crippen molar-refractivity contribution in [2.45, 2.75) is 32.9 Å². The van der Waals surface area contributed by atoms with Crippen LogP contribution in [0.3, 0.4) is 0 Å². The molecule has 0 saturated carbocycles. The Kier molecular flexibility index (Phi) is 4.35. The second-order valence-corrected chi connectivity index (χ2v) is 5.67. The molecule has 0 atom stereocenters. The van der Waals surface area contributed by atoms with Crippen LogP contribution in [0.25, 0.3) is 0 Å². The van der Waals surface area contributed by atoms with Crippen LogP contribution in [0.4, 0.5) is 4.39 Å². The third-order valence-corrected chi connectivity index (χ3v) is 2.64. The topological polar surface area (TPSA) is 34.2 Å². The van der Waals surface area contributed by atoms with Gasteiger partial charge in [-0.15, -0.1) is 0 Å². The normalized spacial score (nSPS) is 11.4. The van der Waals surface area contributed by atoms with E-state index in [4.69, 9.17) is 4.74 Å². The highest BCUT2D eigenvalue weighted by Gasteiger charge is 2.09. The van der Waals surface area contributed by atoms with Crippen molar-refractivity contribution in [2.75, 3.05) is 0 Å². The van der Waals surface area contributed by atoms with E-state index in [1.807, 2.05) is 12.1 Å². The van der Waals surface area contributed by atoms with Gasteiger partial charge in [0, 0.05) is 30.4 Å². The molecule has 20 heavy (non-hydrogen) atoms. The second-order valence-electron chi connectivity index (χ2n) is 5.67. The Morgan fingerprint density at radius 2 is 2.00 bits per heavy atom. The highest BCUT2D eigenvalue weighted by atomic mass is 19.1. The molecule has 1 aromatic carbocycles. The highest BCUT2D eigenvalue weighted by molar-refractivity contribution is 5.29. The molecule has 0 saturated heterocycles. The summed E-state index contributed by atoms with van der Waals surface area (Å²) in [5.41, 5.74) is 1.12. The molecule has 1 N–H and O–H groups in total. The first kappa shape index (κ1) is 14.5. The zero-order valence-corrected chi connectivity index (χ0v) is 12.0. The van der Waals surface area contributed by atoms with E-state index in [0.29, 0.717) is 11.6 Å². The van der Waals surface area contributed by atoms with Crippen LogP contribution in [0.2, 0.25) is 0 Å². The van der Waals surface area contributed by atoms with Gasteiger partial charge in [-0.2, -0.15) is 0 Å². The van der Waals surface area contributed by atoms with E-state index in [-0.39, 0.29) is 11.4 Å². The molecule has 1 heterocycles. The highest BCUT2D eigenvalue weighted by Crippen LogP contribution is 2.20. The Balaban J connectivity index is 2.06. The predicted octanol–water partition coefficient (Wildman–Crippen LogP) is 3.90. The number of nitrogens with one attached hydrogen (secondary N) is 1. The maximum atomic E-state index is 13.1. The van der Waals surface area contributed by atoms with Crippen molar-refractivity contribution in [1.82, 2.24) is 10.3 Å². The molecule has 0 aliphatic heterocycles. The van der Waals surface area contributed by atoms with Crippen molar-refractivity contribution < 1.29 is 9.13 Å². The maximum absolute atomic E-state index is 13.1. The van der Waals surface area contributed by atoms with Gasteiger partial charge in [0.2, 0.25) is 5.88 Å². The summed E-state index contributed by atoms with van der Waals surface area (Å²) in [5.74, 6) is 0.579. The quantitative estimate of drug-likeness (QED) is 0.918. The molecule has 0 radical (unpaired) electrons. The Bertz CT molecular complexity index is 579. The van der Waals surface area contributed by atoms with Crippen LogP contribution >= 0.6 is 0 Å². The molecule has 0 aliphatic carbocycles. The van der Waals surface area contributed by atoms with Crippen LogP contribution in [-0.2, 0) is 6.54 Å². The Labute approximate surface area is 118 Å². The first-order valence-corrected chi connectivity index (χ1v) is 6.56. The number of hydrogen-bond acceptors (Lipinski definition) is 3. The molecule has 2 aromatic rings. The molecule has 1 aromatic heterocycles. The molecule has 0 spiro atoms. The molecule has 4 heteroatoms. The van der Waals surface area contributed by atoms with Crippen LogP contribution < -0.4 is 10.1 Å². The number of rotatable bonds is 4. The van der Waals surface area contributed by atoms with E-state index < -0.39 is 0 Å². The zero-order valence-electron chi connectivity index (χ0n) is 12.0. The van der Waals surface area contributed by atoms with Crippen molar-refractivity contribution in [3.05, 3.63) is 54.0 Å². The average Bonchev–Trinajstić information content (AvgIpc) is 2.36. The number of ether oxygens (including phenoxy) is 1. The third-order valence-electron chi connectivity index (χ3n) is 2.64. The predicted molar refractivity (Wildman–Crippen MR) is 77.3 cm³/mol. The summed E-state index contributed by atoms with van der Waals surface area (Å²) in [4.78, 5) is 4.14. The lowest BCUT2D eigenvalue weighted by molar-refractivity contribution is 0.421. The first-order chi connectivity index (χ1) is 9.42. The number of hydrogen-bond donors (Lipinski definition) is 1. The number of benzene rings is 1. The average molecular weight is 274 g/mol. The fourth-order valence-corrected chi connectivity index (χ4v) is 1.63. The van der Waals surface area contributed by atoms with Crippen molar-refractivity contribution in [2.24, 2.45) is 0 Å². The number of halogens is 1. The van der Waals surface area contributed by atoms with Crippen LogP contribution in [0, 0.1) is 5.82 Å². The van der Waals surface area contributed by atoms with Gasteiger partial charge < -0.3 is 10.1 Å². The molecular weight excluding hydrogens is 255 g/mol. The molecular formula is C16H19FN2O. The molecule has 0 fully saturated rings. The summed E-state index contributed by atoms with van der Waals surface area (Å²) in [7, 11) is 0. The van der Waals surface area contributed by atoms with Gasteiger partial charge in [-0.05, 0) is 44.5 Å². The molecule has 0 aliphatic rings. The summed E-state index contributed by atoms with van der Waals surface area (Å²) < 4.78 is 18.6. The fourth-order valence-electron chi connectivity index (χ4n) is 1.63. The van der Waals surface area contributed by atoms with E-state index in [1.165, 1.54) is 12.1 Å². The lowest BCUT2D eigenvalue weighted by Gasteiger charge is -2.20. The lowest BCUT2D eigenvalue weighted by Crippen LogP contribution is -2.35. The third kappa shape index (κ3) is 4.63. The van der Waals surface area contributed by atoms with Gasteiger partial charge in [-0.3, -0.25) is 0 Å². The fraction of sp³-hybridized carbons (Fsp3) is 0.312. The summed E-state index contributed by atoms with van der Waals surface area (Å²) >= 11 is 0. The summed E-state index contributed by atoms with van der Waals surface area (Å²) in [5, 5.41) is 3.40. The minimum absolute atomic E-state index is 0.0485. The van der Waals surface area contributed by atoms with Gasteiger partial charge in [0.1, 0.15) is 11.6 Å². The Hall–Kier alpha value is -1.94. The SMILES string of the molecule is CC(C)(C)NCc1ccnc(Oc2cccc(F)c2)c1. The van der Waals surface area contributed by atoms with Gasteiger partial charge in [0.25, 0.3) is 0 Å². The van der Waals surface area contributed by atoms with Gasteiger partial charge in [0.05, 0.1) is 0 Å². The Morgan fingerprint density at radius 1 is 1.20 bits per heavy atom. The van der Waals surface area contributed by atoms with Crippen LogP contribution in [0.1, 0.15) is 26.3 Å². The van der Waals surface area contributed by atoms with Gasteiger partial charge in [-0.25, -0.2) is 9.37 Å². The van der Waals surface area contributed by atoms with Gasteiger partial charge in [-0.1, -0.05) is 6.07 Å². The van der Waals surface area contributed by atoms with Crippen molar-refractivity contribution in [1.29, 1.82) is 0 Å². The van der Waals surface area contributed by atoms with Crippen molar-refractivity contribution in [3.63, 3.8) is 0 Å². The monoisotopic (exact) mass is 274 g/mol. The summed E-state index contributed by atoms with van der Waals surface area (Å²) in [6.45, 7) is 7.06. The van der Waals surface area contributed by atoms with E-state index in [2.05, 4.69) is 31.1 Å². The maximum Gasteiger partial charge on any atom is 0.219 e. The van der Waals surface area contributed by atoms with Crippen LogP contribution in [-0.4, -0.2) is 10.5 Å². The standard InChI is InChI=1S/C16H19FN2O/c1-16(2,3)19-11-12-7-8-18-15(9-12)20-14-6-4-5-13(17)10-14/h4-10,19H,11H2,1-3H3. The van der Waals surface area contributed by atoms with Crippen molar-refractivity contribution in [3.8, 4) is 11.6 Å². The molecule has 0 bridgehead atoms. The van der Waals surface area contributed by atoms with Crippen LogP contribution in [0.5, 0.6) is 11.6 Å². The second kappa shape index (κ2) is 6.01.